The van der Waals surface area contributed by atoms with E-state index in [0.29, 0.717) is 0 Å². The SMILES string of the molecule is CC(C)(C)c1[c-]c2c(cc1)-c1ccc(C(C)(C)C)cc1C2.Cc1ccc[c-]1-c1ccsc1.[Cl-].[Cl-].[Zr+2]=[CH]Cc1ccccc1. The van der Waals surface area contributed by atoms with Crippen molar-refractivity contribution in [3.63, 3.8) is 0 Å². The van der Waals surface area contributed by atoms with E-state index in [2.05, 4.69) is 148 Å². The van der Waals surface area contributed by atoms with Crippen LogP contribution in [0.1, 0.15) is 74.9 Å². The summed E-state index contributed by atoms with van der Waals surface area (Å²) in [4.78, 5) is 0. The zero-order valence-electron chi connectivity index (χ0n) is 26.4. The number of halogens is 2. The topological polar surface area (TPSA) is 0 Å². The molecule has 0 saturated heterocycles. The maximum atomic E-state index is 3.67. The van der Waals surface area contributed by atoms with Gasteiger partial charge in [-0.15, -0.1) is 40.5 Å². The van der Waals surface area contributed by atoms with Crippen molar-refractivity contribution in [1.29, 1.82) is 0 Å². The molecule has 0 nitrogen and oxygen atoms in total. The van der Waals surface area contributed by atoms with Gasteiger partial charge in [0.25, 0.3) is 0 Å². The number of hydrogen-bond acceptors (Lipinski definition) is 1. The third kappa shape index (κ3) is 10.0. The summed E-state index contributed by atoms with van der Waals surface area (Å²) in [5, 5.41) is 4.30. The number of fused-ring (bicyclic) bond motifs is 3. The summed E-state index contributed by atoms with van der Waals surface area (Å²) in [5.74, 6) is 0. The van der Waals surface area contributed by atoms with Crippen molar-refractivity contribution >= 4 is 15.0 Å². The van der Waals surface area contributed by atoms with Crippen molar-refractivity contribution < 1.29 is 49.0 Å². The Balaban J connectivity index is 0.000000247. The summed E-state index contributed by atoms with van der Waals surface area (Å²) < 4.78 is 2.25. The standard InChI is InChI=1S/C21H25.C10H9S.C8H8.2ClH.Zr/c1-20(2,3)16-7-9-18-14(12-16)11-15-13-17(21(4,5)6)8-10-19(15)18;1-8-3-2-4-10(8)9-5-6-11-7-9;1-2-8-6-4-3-5-7-8;;;/h7-10,12H,11H2,1-6H3;2-7H,1H3;1,3-7H,2H2;2*1H;/q2*-1;;;;+2/p-2. The molecule has 6 rings (SSSR count). The molecule has 0 radical (unpaired) electrons. The molecule has 1 aromatic heterocycles. The van der Waals surface area contributed by atoms with Gasteiger partial charge in [0.2, 0.25) is 0 Å². The molecule has 5 aromatic rings. The van der Waals surface area contributed by atoms with Crippen molar-refractivity contribution in [1.82, 2.24) is 0 Å². The minimum absolute atomic E-state index is 0. The molecule has 0 aliphatic heterocycles. The van der Waals surface area contributed by atoms with E-state index in [0.717, 1.165) is 12.8 Å². The van der Waals surface area contributed by atoms with Crippen LogP contribution in [0.4, 0.5) is 0 Å². The summed E-state index contributed by atoms with van der Waals surface area (Å²) in [6.45, 7) is 15.7. The molecule has 4 aromatic carbocycles. The van der Waals surface area contributed by atoms with Gasteiger partial charge in [0, 0.05) is 0 Å². The predicted molar refractivity (Wildman–Crippen MR) is 177 cm³/mol. The first-order chi connectivity index (χ1) is 19.5. The summed E-state index contributed by atoms with van der Waals surface area (Å²) in [5.41, 5.74) is 14.2. The molecule has 0 atom stereocenters. The maximum absolute atomic E-state index is 3.67. The molecule has 1 aliphatic rings. The van der Waals surface area contributed by atoms with Crippen LogP contribution >= 0.6 is 11.3 Å². The van der Waals surface area contributed by atoms with E-state index < -0.39 is 0 Å². The molecule has 224 valence electrons. The van der Waals surface area contributed by atoms with Crippen LogP contribution < -0.4 is 24.8 Å². The van der Waals surface area contributed by atoms with E-state index in [4.69, 9.17) is 0 Å². The first-order valence-electron chi connectivity index (χ1n) is 14.4. The van der Waals surface area contributed by atoms with Crippen LogP contribution in [0.3, 0.4) is 0 Å². The van der Waals surface area contributed by atoms with Crippen LogP contribution in [0.2, 0.25) is 0 Å². The van der Waals surface area contributed by atoms with Gasteiger partial charge in [-0.25, -0.2) is 11.3 Å². The Bertz CT molecular complexity index is 1500. The summed E-state index contributed by atoms with van der Waals surface area (Å²) in [7, 11) is 0. The third-order valence-electron chi connectivity index (χ3n) is 7.51. The Labute approximate surface area is 291 Å². The average molecular weight is 705 g/mol. The van der Waals surface area contributed by atoms with Crippen molar-refractivity contribution in [2.45, 2.75) is 72.1 Å². The Morgan fingerprint density at radius 1 is 0.837 bits per heavy atom. The van der Waals surface area contributed by atoms with Gasteiger partial charge in [0.05, 0.1) is 0 Å². The molecule has 0 fully saturated rings. The molecular formula is C39H42Cl2SZr-2. The van der Waals surface area contributed by atoms with Gasteiger partial charge in [-0.1, -0.05) is 88.6 Å². The second-order valence-corrected chi connectivity index (χ2v) is 14.6. The molecule has 1 aliphatic carbocycles. The number of rotatable bonds is 3. The molecule has 0 N–H and O–H groups in total. The molecule has 4 heteroatoms. The van der Waals surface area contributed by atoms with Gasteiger partial charge < -0.3 is 24.8 Å². The fourth-order valence-electron chi connectivity index (χ4n) is 5.01. The molecule has 1 heterocycles. The molecular weight excluding hydrogens is 663 g/mol. The molecule has 43 heavy (non-hydrogen) atoms. The zero-order valence-corrected chi connectivity index (χ0v) is 31.2. The van der Waals surface area contributed by atoms with Crippen LogP contribution in [-0.2, 0) is 47.9 Å². The zero-order chi connectivity index (χ0) is 29.6. The third-order valence-corrected chi connectivity index (χ3v) is 8.70. The van der Waals surface area contributed by atoms with Crippen molar-refractivity contribution in [3.05, 3.63) is 135 Å². The number of benzene rings is 3. The quantitative estimate of drug-likeness (QED) is 0.235. The Morgan fingerprint density at radius 2 is 1.53 bits per heavy atom. The first-order valence-corrected chi connectivity index (χ1v) is 16.8. The normalized spacial score (nSPS) is 11.4. The van der Waals surface area contributed by atoms with Crippen molar-refractivity contribution in [2.24, 2.45) is 0 Å². The van der Waals surface area contributed by atoms with Crippen LogP contribution in [0.25, 0.3) is 22.3 Å². The van der Waals surface area contributed by atoms with Gasteiger partial charge >= 0.3 is 70.3 Å². The van der Waals surface area contributed by atoms with Crippen LogP contribution in [0.5, 0.6) is 0 Å². The Morgan fingerprint density at radius 3 is 2.09 bits per heavy atom. The summed E-state index contributed by atoms with van der Waals surface area (Å²) in [6.07, 6.45) is 2.15. The van der Waals surface area contributed by atoms with Crippen molar-refractivity contribution in [3.8, 4) is 22.3 Å². The summed E-state index contributed by atoms with van der Waals surface area (Å²) in [6, 6.07) is 34.2. The Kier molecular flexibility index (Phi) is 14.2. The number of hydrogen-bond donors (Lipinski definition) is 0. The molecule has 0 amide bonds. The van der Waals surface area contributed by atoms with E-state index in [9.17, 15) is 0 Å². The van der Waals surface area contributed by atoms with Crippen LogP contribution in [0, 0.1) is 13.0 Å². The monoisotopic (exact) mass is 702 g/mol. The molecule has 0 unspecified atom stereocenters. The molecule has 0 spiro atoms. The minimum atomic E-state index is 0. The van der Waals surface area contributed by atoms with E-state index in [1.165, 1.54) is 79.9 Å². The van der Waals surface area contributed by atoms with E-state index in [1.807, 2.05) is 6.07 Å². The van der Waals surface area contributed by atoms with E-state index >= 15 is 0 Å². The number of aryl methyl sites for hydroxylation is 1. The van der Waals surface area contributed by atoms with Gasteiger partial charge in [-0.05, 0) is 28.4 Å². The molecule has 0 saturated carbocycles. The second kappa shape index (κ2) is 16.4. The van der Waals surface area contributed by atoms with Crippen molar-refractivity contribution in [2.75, 3.05) is 0 Å². The van der Waals surface area contributed by atoms with Gasteiger partial charge in [-0.3, -0.25) is 0 Å². The van der Waals surface area contributed by atoms with E-state index in [-0.39, 0.29) is 35.6 Å². The first kappa shape index (κ1) is 37.2. The fraction of sp³-hybridized carbons (Fsp3) is 0.282. The number of thiophene rings is 1. The van der Waals surface area contributed by atoms with Crippen LogP contribution in [-0.4, -0.2) is 3.71 Å². The second-order valence-electron chi connectivity index (χ2n) is 12.8. The molecule has 0 bridgehead atoms. The van der Waals surface area contributed by atoms with Gasteiger partial charge in [0.1, 0.15) is 0 Å². The average Bonchev–Trinajstić information content (AvgIpc) is 3.68. The van der Waals surface area contributed by atoms with E-state index in [1.54, 1.807) is 11.3 Å². The fourth-order valence-corrected chi connectivity index (χ4v) is 6.25. The van der Waals surface area contributed by atoms with Crippen LogP contribution in [0.15, 0.2) is 95.7 Å². The predicted octanol–water partition coefficient (Wildman–Crippen LogP) is 4.68. The van der Waals surface area contributed by atoms with Gasteiger partial charge in [0.15, 0.2) is 0 Å². The summed E-state index contributed by atoms with van der Waals surface area (Å²) >= 11 is 3.25. The van der Waals surface area contributed by atoms with Gasteiger partial charge in [-0.2, -0.15) is 29.8 Å². The Hall–Kier alpha value is -1.96.